The molecular formula is C48H36O30. The van der Waals surface area contributed by atoms with Crippen molar-refractivity contribution in [1.82, 2.24) is 0 Å². The maximum absolute atomic E-state index is 15.7. The van der Waals surface area contributed by atoms with E-state index in [-0.39, 0.29) is 24.3 Å². The predicted molar refractivity (Wildman–Crippen MR) is 244 cm³/mol. The van der Waals surface area contributed by atoms with Gasteiger partial charge in [0.25, 0.3) is 5.60 Å². The van der Waals surface area contributed by atoms with Crippen LogP contribution in [0.2, 0.25) is 0 Å². The van der Waals surface area contributed by atoms with Gasteiger partial charge in [-0.1, -0.05) is 0 Å². The molecule has 0 amide bonds. The fraction of sp³-hybridized carbons (Fsp3) is 0.125. The first-order valence-corrected chi connectivity index (χ1v) is 21.3. The Balaban J connectivity index is 1.58. The minimum absolute atomic E-state index is 0.244. The summed E-state index contributed by atoms with van der Waals surface area (Å²) in [6.07, 6.45) is -15.7. The average molecular weight is 1090 g/mol. The van der Waals surface area contributed by atoms with Crippen LogP contribution in [0.1, 0.15) is 62.1 Å². The maximum atomic E-state index is 15.7. The molecule has 6 aromatic carbocycles. The summed E-state index contributed by atoms with van der Waals surface area (Å²) in [4.78, 5) is 88.1. The molecule has 30 heteroatoms. The normalized spacial score (nSPS) is 17.1. The Morgan fingerprint density at radius 1 is 0.333 bits per heavy atom. The lowest BCUT2D eigenvalue weighted by molar-refractivity contribution is -0.296. The number of benzene rings is 6. The van der Waals surface area contributed by atoms with Crippen LogP contribution in [0, 0.1) is 0 Å². The number of aromatic hydroxyl groups is 18. The first-order chi connectivity index (χ1) is 36.5. The van der Waals surface area contributed by atoms with Crippen molar-refractivity contribution in [3.63, 3.8) is 0 Å². The van der Waals surface area contributed by atoms with Crippen LogP contribution in [-0.4, -0.2) is 169 Å². The number of phenols is 18. The molecule has 0 aliphatic carbocycles. The van der Waals surface area contributed by atoms with Crippen molar-refractivity contribution in [3.05, 3.63) is 106 Å². The zero-order chi connectivity index (χ0) is 57.7. The summed E-state index contributed by atoms with van der Waals surface area (Å²) in [7, 11) is 0. The highest BCUT2D eigenvalue weighted by atomic mass is 16.7. The lowest BCUT2D eigenvalue weighted by Gasteiger charge is -2.48. The van der Waals surface area contributed by atoms with E-state index in [0.29, 0.717) is 48.5 Å². The Bertz CT molecular complexity index is 3300. The average Bonchev–Trinajstić information content (AvgIpc) is 3.41. The number of esters is 4. The molecule has 1 heterocycles. The van der Waals surface area contributed by atoms with E-state index in [1.165, 1.54) is 0 Å². The Kier molecular flexibility index (Phi) is 14.2. The van der Waals surface area contributed by atoms with Gasteiger partial charge in [0.2, 0.25) is 17.9 Å². The first-order valence-electron chi connectivity index (χ1n) is 21.3. The summed E-state index contributed by atoms with van der Waals surface area (Å²) >= 11 is 0. The largest absolute Gasteiger partial charge is 0.504 e. The summed E-state index contributed by atoms with van der Waals surface area (Å²) in [5.74, 6) is -35.8. The van der Waals surface area contributed by atoms with Crippen LogP contribution in [-0.2, 0) is 23.7 Å². The molecule has 408 valence electrons. The monoisotopic (exact) mass is 1090 g/mol. The Morgan fingerprint density at radius 3 is 0.846 bits per heavy atom. The molecule has 0 aromatic heterocycles. The summed E-state index contributed by atoms with van der Waals surface area (Å²) < 4.78 is 27.9. The van der Waals surface area contributed by atoms with E-state index < -0.39 is 209 Å². The number of ether oxygens (including phenoxy) is 5. The van der Waals surface area contributed by atoms with Crippen molar-refractivity contribution in [2.24, 2.45) is 0 Å². The molecule has 0 spiro atoms. The van der Waals surface area contributed by atoms with Crippen LogP contribution in [0.15, 0.2) is 72.8 Å². The van der Waals surface area contributed by atoms with Crippen LogP contribution in [0.5, 0.6) is 103 Å². The van der Waals surface area contributed by atoms with Gasteiger partial charge in [-0.05, 0) is 72.8 Å². The van der Waals surface area contributed by atoms with Crippen LogP contribution < -0.4 is 0 Å². The summed E-state index contributed by atoms with van der Waals surface area (Å²) in [6.45, 7) is 0. The first kappa shape index (κ1) is 54.6. The minimum Gasteiger partial charge on any atom is -0.504 e. The van der Waals surface area contributed by atoms with E-state index >= 15 is 9.59 Å². The van der Waals surface area contributed by atoms with Gasteiger partial charge in [-0.25, -0.2) is 19.2 Å². The van der Waals surface area contributed by atoms with Crippen molar-refractivity contribution in [3.8, 4) is 103 Å². The predicted octanol–water partition coefficient (Wildman–Crippen LogP) is 1.44. The van der Waals surface area contributed by atoms with Gasteiger partial charge in [0, 0.05) is 11.1 Å². The molecule has 0 saturated carbocycles. The van der Waals surface area contributed by atoms with E-state index in [0.717, 1.165) is 0 Å². The molecule has 1 fully saturated rings. The molecule has 0 bridgehead atoms. The van der Waals surface area contributed by atoms with Gasteiger partial charge in [-0.2, -0.15) is 0 Å². The number of hydrogen-bond donors (Lipinski definition) is 19. The molecular weight excluding hydrogens is 1060 g/mol. The number of hydrogen-bond acceptors (Lipinski definition) is 30. The lowest BCUT2D eigenvalue weighted by atomic mass is 9.75. The Labute approximate surface area is 430 Å². The minimum atomic E-state index is -4.42. The quantitative estimate of drug-likeness (QED) is 0.0256. The van der Waals surface area contributed by atoms with Crippen LogP contribution in [0.3, 0.4) is 0 Å². The van der Waals surface area contributed by atoms with E-state index in [4.69, 9.17) is 23.7 Å². The Hall–Kier alpha value is -11.1. The van der Waals surface area contributed by atoms with Gasteiger partial charge in [0.1, 0.15) is 6.10 Å². The van der Waals surface area contributed by atoms with Gasteiger partial charge in [0.15, 0.2) is 122 Å². The zero-order valence-electron chi connectivity index (χ0n) is 38.3. The highest BCUT2D eigenvalue weighted by Crippen LogP contribution is 2.47. The number of aliphatic hydroxyl groups is 1. The smallest absolute Gasteiger partial charge is 0.340 e. The fourth-order valence-electron chi connectivity index (χ4n) is 7.57. The third kappa shape index (κ3) is 9.85. The third-order valence-electron chi connectivity index (χ3n) is 11.4. The Morgan fingerprint density at radius 2 is 0.564 bits per heavy atom. The second kappa shape index (κ2) is 20.3. The topological polar surface area (TPSA) is 533 Å². The number of ketones is 2. The molecule has 78 heavy (non-hydrogen) atoms. The van der Waals surface area contributed by atoms with Crippen LogP contribution >= 0.6 is 0 Å². The number of aliphatic hydroxyl groups excluding tert-OH is 1. The van der Waals surface area contributed by atoms with Crippen molar-refractivity contribution in [2.75, 3.05) is 0 Å². The molecule has 1 aliphatic rings. The molecule has 6 aromatic rings. The number of Topliss-reactive ketones (excluding diaryl/α,β-unsaturated/α-hetero) is 2. The number of carbonyl (C=O) groups excluding carboxylic acids is 6. The summed E-state index contributed by atoms with van der Waals surface area (Å²) in [5.41, 5.74) is -11.2. The molecule has 0 unspecified atom stereocenters. The van der Waals surface area contributed by atoms with Gasteiger partial charge < -0.3 is 121 Å². The number of rotatable bonds is 13. The second-order valence-electron chi connectivity index (χ2n) is 16.5. The fourth-order valence-corrected chi connectivity index (χ4v) is 7.57. The molecule has 19 N–H and O–H groups in total. The molecule has 7 rings (SSSR count). The van der Waals surface area contributed by atoms with Crippen molar-refractivity contribution in [1.29, 1.82) is 0 Å². The number of phenolic OH excluding ortho intramolecular Hbond substituents is 18. The highest BCUT2D eigenvalue weighted by Gasteiger charge is 2.67. The molecule has 30 nitrogen and oxygen atoms in total. The van der Waals surface area contributed by atoms with Crippen molar-refractivity contribution < 1.29 is 149 Å². The van der Waals surface area contributed by atoms with Crippen LogP contribution in [0.25, 0.3) is 0 Å². The third-order valence-corrected chi connectivity index (χ3v) is 11.4. The van der Waals surface area contributed by atoms with Gasteiger partial charge in [-0.3, -0.25) is 9.59 Å². The second-order valence-corrected chi connectivity index (χ2v) is 16.5. The lowest BCUT2D eigenvalue weighted by Crippen LogP contribution is -2.72. The van der Waals surface area contributed by atoms with Gasteiger partial charge in [0.05, 0.1) is 22.3 Å². The van der Waals surface area contributed by atoms with Crippen LogP contribution in [0.4, 0.5) is 0 Å². The van der Waals surface area contributed by atoms with E-state index in [1.807, 2.05) is 0 Å². The van der Waals surface area contributed by atoms with Gasteiger partial charge in [-0.15, -0.1) is 0 Å². The summed E-state index contributed by atoms with van der Waals surface area (Å²) in [5, 5.41) is 198. The SMILES string of the molecule is O=C(O[C@@H]1O[C@H](C(OC(=O)c2cc(O)c(O)c(O)c2)(C(=O)c2cc(O)c(O)c(O)c2)C(=O)c2cc(O)c(O)c(O)c2)[C@@H](OC(=O)c2cc(O)c(O)c(O)c2)[C@H](O)[C@H]1OC(=O)c1cc(O)c(O)c(O)c1)c1cc(O)c(O)c(O)c1. The highest BCUT2D eigenvalue weighted by molar-refractivity contribution is 6.25. The molecule has 5 atom stereocenters. The van der Waals surface area contributed by atoms with E-state index in [1.54, 1.807) is 0 Å². The number of carbonyl (C=O) groups is 6. The molecule has 0 radical (unpaired) electrons. The maximum Gasteiger partial charge on any atom is 0.340 e. The van der Waals surface area contributed by atoms with Gasteiger partial charge >= 0.3 is 23.9 Å². The van der Waals surface area contributed by atoms with E-state index in [2.05, 4.69) is 0 Å². The standard InChI is InChI=1S/C48H36O30/c49-19-1-13(2-20(50)31(19)61)40(68)48(41(69)14-3-21(51)32(62)22(52)4-14,78-46(73)18-11-29(59)36(66)30(60)12-18)42-38(74-43(70)15-5-23(53)33(63)24(54)6-15)37(67)39(75-44(71)16-7-25(55)34(64)26(56)8-16)47(76-42)77-45(72)17-9-27(57)35(65)28(58)10-17/h1-12,37-39,42,47,49-67H/t37-,38-,39+,42-,47-/m0/s1. The van der Waals surface area contributed by atoms with Crippen molar-refractivity contribution in [2.45, 2.75) is 36.3 Å². The van der Waals surface area contributed by atoms with Crippen molar-refractivity contribution >= 4 is 35.4 Å². The summed E-state index contributed by atoms with van der Waals surface area (Å²) in [6, 6.07) is 4.07. The molecule has 1 saturated heterocycles. The zero-order valence-corrected chi connectivity index (χ0v) is 38.3. The molecule has 1 aliphatic heterocycles. The van der Waals surface area contributed by atoms with E-state index in [9.17, 15) is 116 Å².